The molecule has 1 fully saturated rings. The van der Waals surface area contributed by atoms with E-state index in [1.807, 2.05) is 24.3 Å². The van der Waals surface area contributed by atoms with Crippen LogP contribution in [0.2, 0.25) is 5.02 Å². The Hall–Kier alpha value is -1.22. The van der Waals surface area contributed by atoms with Crippen LogP contribution in [0.5, 0.6) is 0 Å². The number of hydrogen-bond donors (Lipinski definition) is 0. The summed E-state index contributed by atoms with van der Waals surface area (Å²) >= 11 is 5.89. The van der Waals surface area contributed by atoms with Gasteiger partial charge in [0, 0.05) is 18.1 Å². The third kappa shape index (κ3) is 2.46. The second-order valence-corrected chi connectivity index (χ2v) is 5.27. The summed E-state index contributed by atoms with van der Waals surface area (Å²) in [4.78, 5) is 6.79. The number of benzene rings is 1. The number of rotatable bonds is 1. The second kappa shape index (κ2) is 5.19. The van der Waals surface area contributed by atoms with Crippen molar-refractivity contribution in [2.24, 2.45) is 4.99 Å². The van der Waals surface area contributed by atoms with Gasteiger partial charge in [-0.3, -0.25) is 0 Å². The topological polar surface area (TPSA) is 24.8 Å². The molecule has 1 aromatic carbocycles. The van der Waals surface area contributed by atoms with Crippen molar-refractivity contribution in [3.8, 4) is 0 Å². The van der Waals surface area contributed by atoms with Crippen molar-refractivity contribution >= 4 is 17.6 Å². The highest BCUT2D eigenvalue weighted by Gasteiger charge is 2.26. The first-order valence-corrected chi connectivity index (χ1v) is 6.92. The van der Waals surface area contributed by atoms with Gasteiger partial charge in [-0.2, -0.15) is 0 Å². The Morgan fingerprint density at radius 2 is 1.83 bits per heavy atom. The summed E-state index contributed by atoms with van der Waals surface area (Å²) in [6.45, 7) is 2.87. The second-order valence-electron chi connectivity index (χ2n) is 4.83. The molecule has 0 saturated carbocycles. The normalized spacial score (nSPS) is 23.7. The van der Waals surface area contributed by atoms with Gasteiger partial charge in [0.1, 0.15) is 6.10 Å². The minimum atomic E-state index is 0.0548. The van der Waals surface area contributed by atoms with Gasteiger partial charge in [-0.05, 0) is 37.0 Å². The molecule has 3 rings (SSSR count). The number of piperidine rings is 1. The molecule has 96 valence electrons. The Bertz CT molecular complexity index is 438. The van der Waals surface area contributed by atoms with Crippen LogP contribution in [0.4, 0.5) is 0 Å². The van der Waals surface area contributed by atoms with Crippen molar-refractivity contribution in [2.75, 3.05) is 19.6 Å². The minimum Gasteiger partial charge on any atom is -0.455 e. The van der Waals surface area contributed by atoms with Crippen LogP contribution in [-0.4, -0.2) is 30.6 Å². The zero-order valence-corrected chi connectivity index (χ0v) is 11.1. The molecule has 1 unspecified atom stereocenters. The van der Waals surface area contributed by atoms with E-state index >= 15 is 0 Å². The van der Waals surface area contributed by atoms with Crippen LogP contribution in [0, 0.1) is 0 Å². The lowest BCUT2D eigenvalue weighted by Crippen LogP contribution is -2.36. The Balaban J connectivity index is 1.64. The summed E-state index contributed by atoms with van der Waals surface area (Å²) in [6, 6.07) is 8.66. The highest BCUT2D eigenvalue weighted by Crippen LogP contribution is 2.26. The van der Waals surface area contributed by atoms with Gasteiger partial charge in [0.15, 0.2) is 0 Å². The number of halogens is 1. The van der Waals surface area contributed by atoms with Crippen LogP contribution in [0.3, 0.4) is 0 Å². The minimum absolute atomic E-state index is 0.0548. The summed E-state index contributed by atoms with van der Waals surface area (Å²) < 4.78 is 5.96. The molecule has 0 spiro atoms. The third-order valence-electron chi connectivity index (χ3n) is 3.51. The van der Waals surface area contributed by atoms with Gasteiger partial charge in [-0.15, -0.1) is 0 Å². The summed E-state index contributed by atoms with van der Waals surface area (Å²) in [7, 11) is 0. The molecule has 0 N–H and O–H groups in total. The van der Waals surface area contributed by atoms with Gasteiger partial charge in [-0.25, -0.2) is 4.99 Å². The Labute approximate surface area is 112 Å². The van der Waals surface area contributed by atoms with E-state index in [9.17, 15) is 0 Å². The van der Waals surface area contributed by atoms with Crippen molar-refractivity contribution < 1.29 is 4.74 Å². The molecule has 1 atom stereocenters. The van der Waals surface area contributed by atoms with Crippen LogP contribution in [0.1, 0.15) is 30.9 Å². The van der Waals surface area contributed by atoms with Crippen LogP contribution < -0.4 is 0 Å². The molecule has 2 heterocycles. The number of amidine groups is 1. The number of hydrogen-bond acceptors (Lipinski definition) is 3. The van der Waals surface area contributed by atoms with E-state index in [1.54, 1.807) is 0 Å². The number of aliphatic imine (C=N–C) groups is 1. The van der Waals surface area contributed by atoms with E-state index in [4.69, 9.17) is 16.3 Å². The first kappa shape index (κ1) is 11.8. The van der Waals surface area contributed by atoms with Crippen LogP contribution in [0.15, 0.2) is 29.3 Å². The van der Waals surface area contributed by atoms with E-state index in [2.05, 4.69) is 9.89 Å². The van der Waals surface area contributed by atoms with E-state index in [-0.39, 0.29) is 6.10 Å². The lowest BCUT2D eigenvalue weighted by Gasteiger charge is -2.27. The third-order valence-corrected chi connectivity index (χ3v) is 3.76. The van der Waals surface area contributed by atoms with E-state index in [0.717, 1.165) is 29.7 Å². The molecule has 4 heteroatoms. The molecular weight excluding hydrogens is 248 g/mol. The van der Waals surface area contributed by atoms with E-state index in [0.29, 0.717) is 6.54 Å². The average Bonchev–Trinajstić information content (AvgIpc) is 2.90. The summed E-state index contributed by atoms with van der Waals surface area (Å²) in [5.41, 5.74) is 1.15. The van der Waals surface area contributed by atoms with Crippen molar-refractivity contribution in [3.63, 3.8) is 0 Å². The van der Waals surface area contributed by atoms with Gasteiger partial charge in [0.25, 0.3) is 6.02 Å². The zero-order valence-electron chi connectivity index (χ0n) is 10.3. The van der Waals surface area contributed by atoms with E-state index < -0.39 is 0 Å². The lowest BCUT2D eigenvalue weighted by atomic mass is 10.1. The molecule has 18 heavy (non-hydrogen) atoms. The first-order chi connectivity index (χ1) is 8.83. The maximum Gasteiger partial charge on any atom is 0.288 e. The molecule has 2 aliphatic heterocycles. The quantitative estimate of drug-likeness (QED) is 0.778. The van der Waals surface area contributed by atoms with Crippen LogP contribution in [-0.2, 0) is 4.74 Å². The molecule has 0 aliphatic carbocycles. The smallest absolute Gasteiger partial charge is 0.288 e. The monoisotopic (exact) mass is 264 g/mol. The molecule has 1 saturated heterocycles. The highest BCUT2D eigenvalue weighted by molar-refractivity contribution is 6.30. The van der Waals surface area contributed by atoms with Crippen LogP contribution >= 0.6 is 11.6 Å². The number of likely N-dealkylation sites (tertiary alicyclic amines) is 1. The maximum absolute atomic E-state index is 5.96. The SMILES string of the molecule is Clc1ccc(C2CN=C(N3CCCCC3)O2)cc1. The van der Waals surface area contributed by atoms with Crippen LogP contribution in [0.25, 0.3) is 0 Å². The average molecular weight is 265 g/mol. The molecule has 0 radical (unpaired) electrons. The Kier molecular flexibility index (Phi) is 3.41. The van der Waals surface area contributed by atoms with Crippen molar-refractivity contribution in [1.29, 1.82) is 0 Å². The largest absolute Gasteiger partial charge is 0.455 e. The van der Waals surface area contributed by atoms with Gasteiger partial charge in [-0.1, -0.05) is 23.7 Å². The molecule has 1 aromatic rings. The Morgan fingerprint density at radius 3 is 2.56 bits per heavy atom. The molecular formula is C14H17ClN2O. The van der Waals surface area contributed by atoms with Gasteiger partial charge in [0.2, 0.25) is 0 Å². The van der Waals surface area contributed by atoms with Crippen molar-refractivity contribution in [3.05, 3.63) is 34.9 Å². The summed E-state index contributed by atoms with van der Waals surface area (Å²) in [5.74, 6) is 0. The fourth-order valence-electron chi connectivity index (χ4n) is 2.47. The zero-order chi connectivity index (χ0) is 12.4. The van der Waals surface area contributed by atoms with Gasteiger partial charge < -0.3 is 9.64 Å². The fraction of sp³-hybridized carbons (Fsp3) is 0.500. The number of nitrogens with zero attached hydrogens (tertiary/aromatic N) is 2. The van der Waals surface area contributed by atoms with Crippen molar-refractivity contribution in [2.45, 2.75) is 25.4 Å². The molecule has 2 aliphatic rings. The highest BCUT2D eigenvalue weighted by atomic mass is 35.5. The molecule has 0 aromatic heterocycles. The summed E-state index contributed by atoms with van der Waals surface area (Å²) in [5, 5.41) is 0.758. The predicted octanol–water partition coefficient (Wildman–Crippen LogP) is 3.25. The molecule has 0 amide bonds. The van der Waals surface area contributed by atoms with Crippen molar-refractivity contribution in [1.82, 2.24) is 4.90 Å². The summed E-state index contributed by atoms with van der Waals surface area (Å²) in [6.07, 6.45) is 3.87. The molecule has 0 bridgehead atoms. The molecule has 3 nitrogen and oxygen atoms in total. The maximum atomic E-state index is 5.96. The Morgan fingerprint density at radius 1 is 1.11 bits per heavy atom. The van der Waals surface area contributed by atoms with Gasteiger partial charge >= 0.3 is 0 Å². The standard InChI is InChI=1S/C14H17ClN2O/c15-12-6-4-11(5-7-12)13-10-16-14(18-13)17-8-2-1-3-9-17/h4-7,13H,1-3,8-10H2. The first-order valence-electron chi connectivity index (χ1n) is 6.54. The fourth-order valence-corrected chi connectivity index (χ4v) is 2.60. The number of ether oxygens (including phenoxy) is 1. The van der Waals surface area contributed by atoms with E-state index in [1.165, 1.54) is 19.3 Å². The predicted molar refractivity (Wildman–Crippen MR) is 73.0 cm³/mol. The lowest BCUT2D eigenvalue weighted by molar-refractivity contribution is 0.175. The van der Waals surface area contributed by atoms with Gasteiger partial charge in [0.05, 0.1) is 6.54 Å².